The second-order valence-electron chi connectivity index (χ2n) is 6.47. The van der Waals surface area contributed by atoms with Crippen molar-refractivity contribution in [3.63, 3.8) is 0 Å². The monoisotopic (exact) mass is 259 g/mol. The van der Waals surface area contributed by atoms with E-state index in [0.717, 1.165) is 12.3 Å². The molecule has 1 aliphatic rings. The fourth-order valence-electron chi connectivity index (χ4n) is 3.54. The van der Waals surface area contributed by atoms with Gasteiger partial charge in [0.2, 0.25) is 0 Å². The van der Waals surface area contributed by atoms with Crippen molar-refractivity contribution < 1.29 is 0 Å². The second kappa shape index (κ2) is 6.09. The SMILES string of the molecule is CCc1ccc(C(C)(N)C2CCCC(CC)C2)cc1. The minimum atomic E-state index is -0.167. The molecule has 0 heterocycles. The lowest BCUT2D eigenvalue weighted by Crippen LogP contribution is -2.43. The van der Waals surface area contributed by atoms with Crippen LogP contribution in [-0.2, 0) is 12.0 Å². The van der Waals surface area contributed by atoms with Crippen LogP contribution >= 0.6 is 0 Å². The standard InChI is InChI=1S/C18H29N/c1-4-14-9-11-16(12-10-14)18(3,19)17-8-6-7-15(5-2)13-17/h9-12,15,17H,4-8,13,19H2,1-3H3. The Bertz CT molecular complexity index is 391. The Labute approximate surface area is 118 Å². The van der Waals surface area contributed by atoms with Gasteiger partial charge in [0, 0.05) is 5.54 Å². The van der Waals surface area contributed by atoms with Gasteiger partial charge in [-0.15, -0.1) is 0 Å². The molecule has 1 fully saturated rings. The zero-order valence-corrected chi connectivity index (χ0v) is 12.8. The minimum absolute atomic E-state index is 0.167. The Morgan fingerprint density at radius 2 is 1.84 bits per heavy atom. The second-order valence-corrected chi connectivity index (χ2v) is 6.47. The van der Waals surface area contributed by atoms with Crippen LogP contribution in [0, 0.1) is 11.8 Å². The molecule has 0 aliphatic heterocycles. The summed E-state index contributed by atoms with van der Waals surface area (Å²) in [6.45, 7) is 6.75. The number of nitrogens with two attached hydrogens (primary N) is 1. The molecular weight excluding hydrogens is 230 g/mol. The fraction of sp³-hybridized carbons (Fsp3) is 0.667. The quantitative estimate of drug-likeness (QED) is 0.837. The molecule has 2 N–H and O–H groups in total. The van der Waals surface area contributed by atoms with Gasteiger partial charge in [-0.05, 0) is 49.1 Å². The van der Waals surface area contributed by atoms with E-state index in [1.165, 1.54) is 43.2 Å². The van der Waals surface area contributed by atoms with Crippen LogP contribution in [0.3, 0.4) is 0 Å². The maximum atomic E-state index is 6.72. The number of rotatable bonds is 4. The van der Waals surface area contributed by atoms with Crippen LogP contribution in [0.5, 0.6) is 0 Å². The van der Waals surface area contributed by atoms with Gasteiger partial charge in [-0.2, -0.15) is 0 Å². The molecule has 1 aromatic carbocycles. The van der Waals surface area contributed by atoms with Gasteiger partial charge < -0.3 is 5.73 Å². The lowest BCUT2D eigenvalue weighted by molar-refractivity contribution is 0.173. The van der Waals surface area contributed by atoms with Crippen LogP contribution < -0.4 is 5.73 Å². The van der Waals surface area contributed by atoms with Crippen molar-refractivity contribution in [1.29, 1.82) is 0 Å². The highest BCUT2D eigenvalue weighted by Gasteiger charge is 2.35. The Hall–Kier alpha value is -0.820. The molecule has 0 radical (unpaired) electrons. The van der Waals surface area contributed by atoms with Crippen molar-refractivity contribution in [2.75, 3.05) is 0 Å². The molecule has 1 aliphatic carbocycles. The maximum Gasteiger partial charge on any atom is 0.0409 e. The Morgan fingerprint density at radius 3 is 2.42 bits per heavy atom. The summed E-state index contributed by atoms with van der Waals surface area (Å²) in [5, 5.41) is 0. The van der Waals surface area contributed by atoms with E-state index in [1.807, 2.05) is 0 Å². The van der Waals surface area contributed by atoms with E-state index in [4.69, 9.17) is 5.73 Å². The van der Waals surface area contributed by atoms with Gasteiger partial charge in [-0.1, -0.05) is 57.4 Å². The highest BCUT2D eigenvalue weighted by atomic mass is 14.7. The first kappa shape index (κ1) is 14.6. The number of benzene rings is 1. The lowest BCUT2D eigenvalue weighted by atomic mass is 9.69. The first-order valence-electron chi connectivity index (χ1n) is 7.96. The molecule has 0 aromatic heterocycles. The minimum Gasteiger partial charge on any atom is -0.321 e. The van der Waals surface area contributed by atoms with Gasteiger partial charge in [-0.3, -0.25) is 0 Å². The normalized spacial score (nSPS) is 26.9. The summed E-state index contributed by atoms with van der Waals surface area (Å²) in [5.41, 5.74) is 9.26. The lowest BCUT2D eigenvalue weighted by Gasteiger charge is -2.40. The van der Waals surface area contributed by atoms with Crippen molar-refractivity contribution in [3.05, 3.63) is 35.4 Å². The van der Waals surface area contributed by atoms with E-state index in [-0.39, 0.29) is 5.54 Å². The molecule has 0 saturated heterocycles. The summed E-state index contributed by atoms with van der Waals surface area (Å²) >= 11 is 0. The van der Waals surface area contributed by atoms with Gasteiger partial charge in [0.1, 0.15) is 0 Å². The molecule has 0 bridgehead atoms. The Kier molecular flexibility index (Phi) is 4.67. The van der Waals surface area contributed by atoms with Crippen molar-refractivity contribution in [2.24, 2.45) is 17.6 Å². The molecule has 1 aromatic rings. The number of hydrogen-bond acceptors (Lipinski definition) is 1. The van der Waals surface area contributed by atoms with E-state index in [1.54, 1.807) is 0 Å². The molecule has 1 nitrogen and oxygen atoms in total. The van der Waals surface area contributed by atoms with Crippen LogP contribution in [0.1, 0.15) is 64.0 Å². The Morgan fingerprint density at radius 1 is 1.16 bits per heavy atom. The van der Waals surface area contributed by atoms with E-state index >= 15 is 0 Å². The van der Waals surface area contributed by atoms with E-state index < -0.39 is 0 Å². The molecular formula is C18H29N. The van der Waals surface area contributed by atoms with Crippen LogP contribution in [0.4, 0.5) is 0 Å². The predicted molar refractivity (Wildman–Crippen MR) is 83.1 cm³/mol. The van der Waals surface area contributed by atoms with Crippen LogP contribution in [-0.4, -0.2) is 0 Å². The highest BCUT2D eigenvalue weighted by molar-refractivity contribution is 5.28. The summed E-state index contributed by atoms with van der Waals surface area (Å²) in [6, 6.07) is 8.96. The third-order valence-corrected chi connectivity index (χ3v) is 5.19. The molecule has 3 atom stereocenters. The molecule has 1 saturated carbocycles. The zero-order chi connectivity index (χ0) is 13.9. The number of hydrogen-bond donors (Lipinski definition) is 1. The van der Waals surface area contributed by atoms with Crippen LogP contribution in [0.25, 0.3) is 0 Å². The molecule has 2 rings (SSSR count). The largest absolute Gasteiger partial charge is 0.321 e. The number of aryl methyl sites for hydroxylation is 1. The van der Waals surface area contributed by atoms with E-state index in [2.05, 4.69) is 45.0 Å². The first-order chi connectivity index (χ1) is 9.07. The molecule has 3 unspecified atom stereocenters. The summed E-state index contributed by atoms with van der Waals surface area (Å²) in [4.78, 5) is 0. The Balaban J connectivity index is 2.15. The third kappa shape index (κ3) is 3.20. The van der Waals surface area contributed by atoms with Crippen LogP contribution in [0.2, 0.25) is 0 Å². The summed E-state index contributed by atoms with van der Waals surface area (Å²) in [7, 11) is 0. The maximum absolute atomic E-state index is 6.72. The smallest absolute Gasteiger partial charge is 0.0409 e. The zero-order valence-electron chi connectivity index (χ0n) is 12.8. The van der Waals surface area contributed by atoms with E-state index in [0.29, 0.717) is 5.92 Å². The van der Waals surface area contributed by atoms with E-state index in [9.17, 15) is 0 Å². The van der Waals surface area contributed by atoms with Crippen molar-refractivity contribution in [2.45, 2.75) is 64.8 Å². The van der Waals surface area contributed by atoms with Gasteiger partial charge >= 0.3 is 0 Å². The van der Waals surface area contributed by atoms with Gasteiger partial charge in [-0.25, -0.2) is 0 Å². The topological polar surface area (TPSA) is 26.0 Å². The molecule has 1 heteroatoms. The first-order valence-corrected chi connectivity index (χ1v) is 7.96. The molecule has 0 spiro atoms. The molecule has 19 heavy (non-hydrogen) atoms. The molecule has 106 valence electrons. The summed E-state index contributed by atoms with van der Waals surface area (Å²) < 4.78 is 0. The predicted octanol–water partition coefficient (Wildman–Crippen LogP) is 4.64. The van der Waals surface area contributed by atoms with Gasteiger partial charge in [0.15, 0.2) is 0 Å². The van der Waals surface area contributed by atoms with Crippen LogP contribution in [0.15, 0.2) is 24.3 Å². The van der Waals surface area contributed by atoms with Gasteiger partial charge in [0.25, 0.3) is 0 Å². The van der Waals surface area contributed by atoms with Gasteiger partial charge in [0.05, 0.1) is 0 Å². The van der Waals surface area contributed by atoms with Crippen molar-refractivity contribution in [3.8, 4) is 0 Å². The molecule has 0 amide bonds. The average molecular weight is 259 g/mol. The fourth-order valence-corrected chi connectivity index (χ4v) is 3.54. The van der Waals surface area contributed by atoms with Crippen molar-refractivity contribution >= 4 is 0 Å². The average Bonchev–Trinajstić information content (AvgIpc) is 2.47. The third-order valence-electron chi connectivity index (χ3n) is 5.19. The summed E-state index contributed by atoms with van der Waals surface area (Å²) in [6.07, 6.45) is 7.75. The summed E-state index contributed by atoms with van der Waals surface area (Å²) in [5.74, 6) is 1.52. The van der Waals surface area contributed by atoms with Crippen molar-refractivity contribution in [1.82, 2.24) is 0 Å². The highest BCUT2D eigenvalue weighted by Crippen LogP contribution is 2.40.